The van der Waals surface area contributed by atoms with Crippen LogP contribution in [0, 0.1) is 0 Å². The molecule has 0 aliphatic heterocycles. The van der Waals surface area contributed by atoms with Crippen LogP contribution in [0.2, 0.25) is 0 Å². The molecule has 0 spiro atoms. The number of methoxy groups -OCH3 is 1. The molecule has 0 saturated heterocycles. The molecule has 2 N–H and O–H groups in total. The van der Waals surface area contributed by atoms with Gasteiger partial charge >= 0.3 is 0 Å². The van der Waals surface area contributed by atoms with E-state index in [1.165, 1.54) is 0 Å². The minimum absolute atomic E-state index is 0.166. The summed E-state index contributed by atoms with van der Waals surface area (Å²) in [6.45, 7) is 6.24. The van der Waals surface area contributed by atoms with E-state index >= 15 is 0 Å². The van der Waals surface area contributed by atoms with Crippen LogP contribution in [-0.2, 0) is 4.74 Å². The van der Waals surface area contributed by atoms with Crippen molar-refractivity contribution in [1.29, 1.82) is 0 Å². The molecule has 2 unspecified atom stereocenters. The highest BCUT2D eigenvalue weighted by Gasteiger charge is 2.25. The van der Waals surface area contributed by atoms with Crippen molar-refractivity contribution in [3.05, 3.63) is 0 Å². The summed E-state index contributed by atoms with van der Waals surface area (Å²) in [6.07, 6.45) is 1.98. The first kappa shape index (κ1) is 15.8. The van der Waals surface area contributed by atoms with E-state index in [-0.39, 0.29) is 12.1 Å². The van der Waals surface area contributed by atoms with Gasteiger partial charge in [0.25, 0.3) is 0 Å². The van der Waals surface area contributed by atoms with Gasteiger partial charge in [0.2, 0.25) is 0 Å². The van der Waals surface area contributed by atoms with Crippen LogP contribution in [0.3, 0.4) is 0 Å². The van der Waals surface area contributed by atoms with Crippen molar-refractivity contribution in [2.45, 2.75) is 38.3 Å². The number of hydrogen-bond acceptors (Lipinski definition) is 4. The highest BCUT2D eigenvalue weighted by atomic mass is 16.5. The average Bonchev–Trinajstić information content (AvgIpc) is 2.29. The molecule has 0 saturated carbocycles. The van der Waals surface area contributed by atoms with Crippen molar-refractivity contribution in [2.75, 3.05) is 41.0 Å². The first-order chi connectivity index (χ1) is 7.49. The lowest BCUT2D eigenvalue weighted by molar-refractivity contribution is 0.123. The monoisotopic (exact) mass is 232 g/mol. The maximum absolute atomic E-state index is 9.33. The van der Waals surface area contributed by atoms with Gasteiger partial charge in [-0.2, -0.15) is 0 Å². The molecule has 0 aliphatic carbocycles. The van der Waals surface area contributed by atoms with Crippen LogP contribution in [0.4, 0.5) is 0 Å². The van der Waals surface area contributed by atoms with Gasteiger partial charge < -0.3 is 20.1 Å². The maximum atomic E-state index is 9.33. The van der Waals surface area contributed by atoms with Gasteiger partial charge in [-0.05, 0) is 40.8 Å². The fourth-order valence-corrected chi connectivity index (χ4v) is 1.73. The highest BCUT2D eigenvalue weighted by Crippen LogP contribution is 2.14. The van der Waals surface area contributed by atoms with Crippen LogP contribution in [0.5, 0.6) is 0 Å². The van der Waals surface area contributed by atoms with E-state index in [2.05, 4.69) is 24.2 Å². The Morgan fingerprint density at radius 1 is 1.50 bits per heavy atom. The molecule has 0 heterocycles. The number of aliphatic hydroxyl groups excluding tert-OH is 1. The van der Waals surface area contributed by atoms with Crippen LogP contribution in [0.1, 0.15) is 26.7 Å². The average molecular weight is 232 g/mol. The van der Waals surface area contributed by atoms with Crippen molar-refractivity contribution < 1.29 is 9.84 Å². The third-order valence-electron chi connectivity index (χ3n) is 3.31. The van der Waals surface area contributed by atoms with E-state index in [0.717, 1.165) is 26.0 Å². The molecule has 98 valence electrons. The molecule has 0 aromatic rings. The Balaban J connectivity index is 3.98. The number of ether oxygens (including phenoxy) is 1. The Morgan fingerprint density at radius 2 is 2.12 bits per heavy atom. The van der Waals surface area contributed by atoms with Gasteiger partial charge in [-0.15, -0.1) is 0 Å². The minimum atomic E-state index is -0.186. The Hall–Kier alpha value is -0.160. The number of rotatable bonds is 9. The highest BCUT2D eigenvalue weighted by molar-refractivity contribution is 4.85. The van der Waals surface area contributed by atoms with Crippen molar-refractivity contribution >= 4 is 0 Å². The molecule has 16 heavy (non-hydrogen) atoms. The van der Waals surface area contributed by atoms with E-state index in [9.17, 15) is 5.11 Å². The van der Waals surface area contributed by atoms with E-state index in [1.54, 1.807) is 7.11 Å². The summed E-state index contributed by atoms with van der Waals surface area (Å²) in [5.41, 5.74) is -0.186. The third kappa shape index (κ3) is 5.80. The second-order valence-electron chi connectivity index (χ2n) is 4.85. The number of hydrogen-bond donors (Lipinski definition) is 2. The van der Waals surface area contributed by atoms with Crippen molar-refractivity contribution in [2.24, 2.45) is 0 Å². The molecule has 0 aliphatic rings. The van der Waals surface area contributed by atoms with Crippen molar-refractivity contribution in [3.63, 3.8) is 0 Å². The summed E-state index contributed by atoms with van der Waals surface area (Å²) >= 11 is 0. The van der Waals surface area contributed by atoms with E-state index in [4.69, 9.17) is 4.74 Å². The largest absolute Gasteiger partial charge is 0.394 e. The van der Waals surface area contributed by atoms with Crippen LogP contribution >= 0.6 is 0 Å². The smallest absolute Gasteiger partial charge is 0.0611 e. The Labute approximate surface area is 100.0 Å². The Bertz CT molecular complexity index is 172. The number of likely N-dealkylation sites (N-methyl/N-ethyl adjacent to an activating group) is 1. The van der Waals surface area contributed by atoms with Gasteiger partial charge in [-0.1, -0.05) is 0 Å². The number of nitrogens with one attached hydrogen (secondary N) is 1. The zero-order valence-corrected chi connectivity index (χ0v) is 11.4. The van der Waals surface area contributed by atoms with Crippen LogP contribution in [-0.4, -0.2) is 62.6 Å². The van der Waals surface area contributed by atoms with E-state index < -0.39 is 0 Å². The standard InChI is InChI=1S/C12H28N2O2/c1-11(9-12(2,10-15)13-3)14(4)7-6-8-16-5/h11,13,15H,6-10H2,1-5H3. The summed E-state index contributed by atoms with van der Waals surface area (Å²) in [4.78, 5) is 2.31. The van der Waals surface area contributed by atoms with Gasteiger partial charge in [0.1, 0.15) is 0 Å². The molecule has 4 heteroatoms. The van der Waals surface area contributed by atoms with Crippen molar-refractivity contribution in [3.8, 4) is 0 Å². The predicted octanol–water partition coefficient (Wildman–Crippen LogP) is 0.704. The fourth-order valence-electron chi connectivity index (χ4n) is 1.73. The molecule has 0 bridgehead atoms. The third-order valence-corrected chi connectivity index (χ3v) is 3.31. The first-order valence-electron chi connectivity index (χ1n) is 5.98. The lowest BCUT2D eigenvalue weighted by Crippen LogP contribution is -2.48. The van der Waals surface area contributed by atoms with Gasteiger partial charge in [0.15, 0.2) is 0 Å². The van der Waals surface area contributed by atoms with Gasteiger partial charge in [0, 0.05) is 31.8 Å². The zero-order valence-electron chi connectivity index (χ0n) is 11.4. The van der Waals surface area contributed by atoms with Gasteiger partial charge in [0.05, 0.1) is 6.61 Å². The van der Waals surface area contributed by atoms with Gasteiger partial charge in [-0.3, -0.25) is 0 Å². The summed E-state index contributed by atoms with van der Waals surface area (Å²) in [7, 11) is 5.74. The molecule has 0 aromatic carbocycles. The molecule has 0 radical (unpaired) electrons. The van der Waals surface area contributed by atoms with Crippen molar-refractivity contribution in [1.82, 2.24) is 10.2 Å². The molecule has 0 rings (SSSR count). The van der Waals surface area contributed by atoms with E-state index in [1.807, 2.05) is 14.0 Å². The quantitative estimate of drug-likeness (QED) is 0.575. The minimum Gasteiger partial charge on any atom is -0.394 e. The van der Waals surface area contributed by atoms with Crippen LogP contribution < -0.4 is 5.32 Å². The van der Waals surface area contributed by atoms with Crippen LogP contribution in [0.15, 0.2) is 0 Å². The second kappa shape index (κ2) is 8.01. The van der Waals surface area contributed by atoms with E-state index in [0.29, 0.717) is 6.04 Å². The molecule has 2 atom stereocenters. The predicted molar refractivity (Wildman–Crippen MR) is 67.8 cm³/mol. The normalized spacial score (nSPS) is 17.4. The maximum Gasteiger partial charge on any atom is 0.0611 e. The SMILES string of the molecule is CNC(C)(CO)CC(C)N(C)CCCOC. The van der Waals surface area contributed by atoms with Gasteiger partial charge in [-0.25, -0.2) is 0 Å². The molecule has 4 nitrogen and oxygen atoms in total. The molecule has 0 amide bonds. The fraction of sp³-hybridized carbons (Fsp3) is 1.00. The zero-order chi connectivity index (χ0) is 12.6. The first-order valence-corrected chi connectivity index (χ1v) is 5.98. The Kier molecular flexibility index (Phi) is 7.93. The van der Waals surface area contributed by atoms with Crippen LogP contribution in [0.25, 0.3) is 0 Å². The Morgan fingerprint density at radius 3 is 2.56 bits per heavy atom. The molecular weight excluding hydrogens is 204 g/mol. The lowest BCUT2D eigenvalue weighted by Gasteiger charge is -2.34. The summed E-state index contributed by atoms with van der Waals surface area (Å²) in [6, 6.07) is 0.446. The summed E-state index contributed by atoms with van der Waals surface area (Å²) in [5.74, 6) is 0. The topological polar surface area (TPSA) is 44.7 Å². The summed E-state index contributed by atoms with van der Waals surface area (Å²) in [5, 5.41) is 12.5. The number of aliphatic hydroxyl groups is 1. The molecule has 0 fully saturated rings. The summed E-state index contributed by atoms with van der Waals surface area (Å²) < 4.78 is 5.04. The molecular formula is C12H28N2O2. The number of nitrogens with zero attached hydrogens (tertiary/aromatic N) is 1. The lowest BCUT2D eigenvalue weighted by atomic mass is 9.94. The second-order valence-corrected chi connectivity index (χ2v) is 4.85. The molecule has 0 aromatic heterocycles.